The fourth-order valence-corrected chi connectivity index (χ4v) is 11.0. The minimum atomic E-state index is -1.93. The van der Waals surface area contributed by atoms with Gasteiger partial charge in [-0.25, -0.2) is 5.48 Å². The highest BCUT2D eigenvalue weighted by Crippen LogP contribution is 2.40. The van der Waals surface area contributed by atoms with Crippen LogP contribution in [0.2, 0.25) is 0 Å². The monoisotopic (exact) mass is 1010 g/mol. The van der Waals surface area contributed by atoms with Gasteiger partial charge in [0.1, 0.15) is 35.7 Å². The number of aliphatic hydroxyl groups is 5. The van der Waals surface area contributed by atoms with Gasteiger partial charge in [0.15, 0.2) is 12.6 Å². The second-order valence-electron chi connectivity index (χ2n) is 21.7. The SMILES string of the molecule is CC[C@@H]1OC(=O)[C@@H](C)[C@H](O[C@H]2C[C@@](C)(OC)[C@@H](O)[C@H](C)O2)[C@@H](C)[C@H](O[C@H]2O[C@@H](C)C[C@@H](N(C)C)[C@@H]2O)[C@](C)(O)C[C@H](C)CN(Cc2ccc(-c3cn(CCCCC(=O)NO)nn3)cc2)[C@H](C)[C@H](O)[C@@]1(C)O. The molecule has 20 nitrogen and oxygen atoms in total. The summed E-state index contributed by atoms with van der Waals surface area (Å²) in [5.41, 5.74) is -0.643. The lowest BCUT2D eigenvalue weighted by molar-refractivity contribution is -0.318. The number of unbranched alkanes of at least 4 members (excludes halogenated alkanes) is 1. The molecule has 4 heterocycles. The lowest BCUT2D eigenvalue weighted by Crippen LogP contribution is -2.60. The predicted octanol–water partition coefficient (Wildman–Crippen LogP) is 3.41. The van der Waals surface area contributed by atoms with E-state index >= 15 is 0 Å². The van der Waals surface area contributed by atoms with E-state index in [2.05, 4.69) is 10.3 Å². The van der Waals surface area contributed by atoms with Crippen molar-refractivity contribution in [1.82, 2.24) is 30.3 Å². The summed E-state index contributed by atoms with van der Waals surface area (Å²) in [5, 5.41) is 77.7. The van der Waals surface area contributed by atoms with Crippen LogP contribution in [-0.4, -0.2) is 185 Å². The molecule has 3 aliphatic rings. The van der Waals surface area contributed by atoms with Crippen molar-refractivity contribution < 1.29 is 68.8 Å². The smallest absolute Gasteiger partial charge is 0.311 e. The Morgan fingerprint density at radius 2 is 1.63 bits per heavy atom. The Labute approximate surface area is 420 Å². The fraction of sp³-hybridized carbons (Fsp3) is 0.804. The number of aromatic nitrogens is 3. The van der Waals surface area contributed by atoms with Gasteiger partial charge in [0, 0.05) is 63.2 Å². The van der Waals surface area contributed by atoms with E-state index in [4.69, 9.17) is 33.6 Å². The summed E-state index contributed by atoms with van der Waals surface area (Å²) < 4.78 is 39.9. The third kappa shape index (κ3) is 14.3. The Morgan fingerprint density at radius 1 is 0.958 bits per heavy atom. The lowest BCUT2D eigenvalue weighted by atomic mass is 9.77. The average Bonchev–Trinajstić information content (AvgIpc) is 3.80. The van der Waals surface area contributed by atoms with Gasteiger partial charge in [-0.15, -0.1) is 5.10 Å². The Morgan fingerprint density at radius 3 is 2.25 bits per heavy atom. The van der Waals surface area contributed by atoms with Crippen LogP contribution in [0.5, 0.6) is 0 Å². The maximum atomic E-state index is 14.6. The first-order valence-corrected chi connectivity index (χ1v) is 25.5. The first-order valence-electron chi connectivity index (χ1n) is 25.5. The summed E-state index contributed by atoms with van der Waals surface area (Å²) in [6.07, 6.45) is -5.85. The van der Waals surface area contributed by atoms with Gasteiger partial charge >= 0.3 is 5.97 Å². The van der Waals surface area contributed by atoms with Gasteiger partial charge in [0.05, 0.1) is 47.7 Å². The van der Waals surface area contributed by atoms with E-state index < -0.39 is 102 Å². The van der Waals surface area contributed by atoms with Crippen LogP contribution in [0.4, 0.5) is 0 Å². The number of nitrogens with one attached hydrogen (secondary N) is 1. The van der Waals surface area contributed by atoms with E-state index in [-0.39, 0.29) is 43.7 Å². The van der Waals surface area contributed by atoms with E-state index in [9.17, 15) is 35.1 Å². The molecule has 0 radical (unpaired) electrons. The lowest BCUT2D eigenvalue weighted by Gasteiger charge is -2.48. The standard InChI is InChI=1S/C51H86N6O14/c1-14-39-51(10,64)44(60)33(6)56(27-35-18-20-36(21-19-35)37-28-57(54-52-37)22-16-15-17-40(58)53-65)26-29(2)24-49(8,63)46(71-48-42(59)38(55(11)12)23-30(3)67-48)31(4)43(32(5)47(62)69-39)70-41-25-50(9,66-13)45(61)34(7)68-41/h18-21,28-34,38-39,41-46,48,59-61,63-65H,14-17,22-27H2,1-13H3,(H,53,58)/t29-,30-,31+,32-,33+,34-,38+,39-,41-,42-,43+,44-,45-,46-,48+,49+,50+,51-/m0/s1. The van der Waals surface area contributed by atoms with Crippen molar-refractivity contribution in [2.45, 2.75) is 218 Å². The number of likely N-dealkylation sites (N-methyl/N-ethyl adjacent to an activating group) is 1. The average molecular weight is 1010 g/mol. The molecule has 3 saturated heterocycles. The van der Waals surface area contributed by atoms with Gasteiger partial charge in [-0.05, 0) is 106 Å². The van der Waals surface area contributed by atoms with Crippen LogP contribution >= 0.6 is 0 Å². The number of hydroxylamine groups is 1. The van der Waals surface area contributed by atoms with Crippen molar-refractivity contribution in [3.63, 3.8) is 0 Å². The van der Waals surface area contributed by atoms with Crippen LogP contribution < -0.4 is 5.48 Å². The largest absolute Gasteiger partial charge is 0.459 e. The van der Waals surface area contributed by atoms with Crippen molar-refractivity contribution in [2.75, 3.05) is 27.7 Å². The minimum Gasteiger partial charge on any atom is -0.459 e. The normalized spacial score (nSPS) is 39.4. The van der Waals surface area contributed by atoms with Gasteiger partial charge in [-0.1, -0.05) is 50.3 Å². The molecule has 0 aliphatic carbocycles. The summed E-state index contributed by atoms with van der Waals surface area (Å²) >= 11 is 0. The zero-order valence-electron chi connectivity index (χ0n) is 44.3. The number of ether oxygens (including phenoxy) is 6. The molecule has 0 spiro atoms. The van der Waals surface area contributed by atoms with Gasteiger partial charge < -0.3 is 58.9 Å². The third-order valence-electron chi connectivity index (χ3n) is 15.4. The van der Waals surface area contributed by atoms with Gasteiger partial charge in [-0.3, -0.25) is 24.4 Å². The van der Waals surface area contributed by atoms with E-state index in [1.807, 2.05) is 82.1 Å². The summed E-state index contributed by atoms with van der Waals surface area (Å²) in [6, 6.07) is 6.76. The second kappa shape index (κ2) is 24.9. The van der Waals surface area contributed by atoms with Gasteiger partial charge in [-0.2, -0.15) is 0 Å². The number of amides is 1. The maximum absolute atomic E-state index is 14.6. The molecule has 0 bridgehead atoms. The van der Waals surface area contributed by atoms with Crippen LogP contribution in [0.15, 0.2) is 30.5 Å². The van der Waals surface area contributed by atoms with Crippen molar-refractivity contribution in [1.29, 1.82) is 0 Å². The molecule has 1 aromatic heterocycles. The molecule has 3 fully saturated rings. The number of esters is 1. The van der Waals surface area contributed by atoms with Crippen LogP contribution in [0.3, 0.4) is 0 Å². The van der Waals surface area contributed by atoms with Crippen molar-refractivity contribution in [3.05, 3.63) is 36.0 Å². The first kappa shape index (κ1) is 58.7. The molecular formula is C51H86N6O14. The number of methoxy groups -OCH3 is 1. The van der Waals surface area contributed by atoms with E-state index in [1.54, 1.807) is 44.8 Å². The van der Waals surface area contributed by atoms with Gasteiger partial charge in [0.2, 0.25) is 5.91 Å². The molecular weight excluding hydrogens is 921 g/mol. The molecule has 0 unspecified atom stereocenters. The number of hydrogen-bond acceptors (Lipinski definition) is 18. The quantitative estimate of drug-likeness (QED) is 0.0584. The zero-order chi connectivity index (χ0) is 52.7. The van der Waals surface area contributed by atoms with Crippen LogP contribution in [0.25, 0.3) is 11.3 Å². The summed E-state index contributed by atoms with van der Waals surface area (Å²) in [7, 11) is 5.26. The molecule has 404 valence electrons. The number of aliphatic hydroxyl groups excluding tert-OH is 3. The topological polar surface area (TPSA) is 260 Å². The van der Waals surface area contributed by atoms with Crippen LogP contribution in [0.1, 0.15) is 120 Å². The molecule has 5 rings (SSSR count). The molecule has 7 N–H and O–H groups in total. The van der Waals surface area contributed by atoms with Crippen LogP contribution in [0, 0.1) is 17.8 Å². The molecule has 0 saturated carbocycles. The molecule has 71 heavy (non-hydrogen) atoms. The summed E-state index contributed by atoms with van der Waals surface area (Å²) in [5.74, 6) is -3.35. The summed E-state index contributed by atoms with van der Waals surface area (Å²) in [4.78, 5) is 30.0. The number of rotatable bonds is 15. The highest BCUT2D eigenvalue weighted by atomic mass is 16.7. The number of aryl methyl sites for hydroxylation is 1. The van der Waals surface area contributed by atoms with E-state index in [0.717, 1.165) is 11.1 Å². The Balaban J connectivity index is 1.51. The maximum Gasteiger partial charge on any atom is 0.311 e. The number of nitrogens with zero attached hydrogens (tertiary/aromatic N) is 5. The molecule has 1 aromatic carbocycles. The Hall–Kier alpha value is -3.22. The van der Waals surface area contributed by atoms with Gasteiger partial charge in [0.25, 0.3) is 0 Å². The van der Waals surface area contributed by atoms with Crippen molar-refractivity contribution in [2.24, 2.45) is 17.8 Å². The molecule has 18 atom stereocenters. The number of hydrogen-bond donors (Lipinski definition) is 7. The molecule has 1 amide bonds. The highest BCUT2D eigenvalue weighted by molar-refractivity contribution is 5.74. The molecule has 20 heteroatoms. The number of benzene rings is 1. The number of carbonyl (C=O) groups is 2. The number of cyclic esters (lactones) is 1. The van der Waals surface area contributed by atoms with E-state index in [1.165, 1.54) is 14.0 Å². The minimum absolute atomic E-state index is 0.0957. The highest BCUT2D eigenvalue weighted by Gasteiger charge is 2.53. The summed E-state index contributed by atoms with van der Waals surface area (Å²) in [6.45, 7) is 18.8. The fourth-order valence-electron chi connectivity index (χ4n) is 11.0. The second-order valence-corrected chi connectivity index (χ2v) is 21.7. The zero-order valence-corrected chi connectivity index (χ0v) is 44.3. The van der Waals surface area contributed by atoms with Crippen LogP contribution in [-0.2, 0) is 51.1 Å². The Bertz CT molecular complexity index is 1990. The molecule has 2 aromatic rings. The van der Waals surface area contributed by atoms with Crippen molar-refractivity contribution >= 4 is 11.9 Å². The predicted molar refractivity (Wildman–Crippen MR) is 261 cm³/mol. The number of carbonyl (C=O) groups excluding carboxylic acids is 2. The third-order valence-corrected chi connectivity index (χ3v) is 15.4. The van der Waals surface area contributed by atoms with E-state index in [0.29, 0.717) is 44.6 Å². The van der Waals surface area contributed by atoms with Crippen molar-refractivity contribution in [3.8, 4) is 11.3 Å². The Kier molecular flexibility index (Phi) is 20.6. The molecule has 3 aliphatic heterocycles. The first-order chi connectivity index (χ1) is 33.3.